The Balaban J connectivity index is 1.40. The van der Waals surface area contributed by atoms with Gasteiger partial charge in [-0.25, -0.2) is 13.6 Å². The molecule has 0 aliphatic carbocycles. The summed E-state index contributed by atoms with van der Waals surface area (Å²) in [5.41, 5.74) is 0.285. The second-order valence-corrected chi connectivity index (χ2v) is 6.59. The van der Waals surface area contributed by atoms with Gasteiger partial charge in [-0.15, -0.1) is 0 Å². The summed E-state index contributed by atoms with van der Waals surface area (Å²) in [7, 11) is 0. The molecule has 1 aromatic carbocycles. The van der Waals surface area contributed by atoms with E-state index in [-0.39, 0.29) is 18.0 Å². The highest BCUT2D eigenvalue weighted by molar-refractivity contribution is 5.74. The van der Waals surface area contributed by atoms with Crippen LogP contribution < -0.4 is 5.32 Å². The highest BCUT2D eigenvalue weighted by Crippen LogP contribution is 2.28. The van der Waals surface area contributed by atoms with Crippen LogP contribution in [0.5, 0.6) is 0 Å². The van der Waals surface area contributed by atoms with E-state index in [4.69, 9.17) is 4.74 Å². The smallest absolute Gasteiger partial charge is 0.317 e. The number of amides is 2. The van der Waals surface area contributed by atoms with Gasteiger partial charge in [-0.2, -0.15) is 0 Å². The lowest BCUT2D eigenvalue weighted by Gasteiger charge is -2.34. The molecule has 1 aromatic rings. The Hall–Kier alpha value is -1.69. The number of rotatable bonds is 4. The van der Waals surface area contributed by atoms with Crippen LogP contribution in [0.25, 0.3) is 0 Å². The molecule has 0 bridgehead atoms. The van der Waals surface area contributed by atoms with Gasteiger partial charge >= 0.3 is 6.03 Å². The first-order valence-corrected chi connectivity index (χ1v) is 8.72. The molecule has 2 aliphatic heterocycles. The van der Waals surface area contributed by atoms with Crippen molar-refractivity contribution in [3.8, 4) is 0 Å². The van der Waals surface area contributed by atoms with Gasteiger partial charge in [0.15, 0.2) is 0 Å². The third-order valence-electron chi connectivity index (χ3n) is 5.00. The lowest BCUT2D eigenvalue weighted by Crippen LogP contribution is -2.46. The minimum Gasteiger partial charge on any atom is -0.378 e. The second kappa shape index (κ2) is 7.92. The van der Waals surface area contributed by atoms with Crippen LogP contribution in [0.3, 0.4) is 0 Å². The molecule has 3 rings (SSSR count). The largest absolute Gasteiger partial charge is 0.378 e. The van der Waals surface area contributed by atoms with Gasteiger partial charge in [0, 0.05) is 26.2 Å². The zero-order chi connectivity index (χ0) is 16.9. The monoisotopic (exact) mass is 338 g/mol. The van der Waals surface area contributed by atoms with Crippen LogP contribution in [0.15, 0.2) is 18.2 Å². The number of hydrogen-bond donors (Lipinski definition) is 1. The SMILES string of the molecule is O=C(NCCc1cc(F)ccc1F)N1CCC([C@H]2CCCO2)CC1. The van der Waals surface area contributed by atoms with Crippen LogP contribution in [0.1, 0.15) is 31.2 Å². The Morgan fingerprint density at radius 1 is 1.25 bits per heavy atom. The average Bonchev–Trinajstić information content (AvgIpc) is 3.12. The number of carbonyl (C=O) groups is 1. The molecule has 2 heterocycles. The minimum absolute atomic E-state index is 0.127. The summed E-state index contributed by atoms with van der Waals surface area (Å²) < 4.78 is 32.4. The fourth-order valence-corrected chi connectivity index (χ4v) is 3.60. The number of likely N-dealkylation sites (tertiary alicyclic amines) is 1. The first-order chi connectivity index (χ1) is 11.6. The lowest BCUT2D eigenvalue weighted by molar-refractivity contribution is 0.0372. The minimum atomic E-state index is -0.464. The molecule has 0 aromatic heterocycles. The first-order valence-electron chi connectivity index (χ1n) is 8.72. The lowest BCUT2D eigenvalue weighted by atomic mass is 9.90. The van der Waals surface area contributed by atoms with E-state index in [2.05, 4.69) is 5.32 Å². The quantitative estimate of drug-likeness (QED) is 0.916. The highest BCUT2D eigenvalue weighted by atomic mass is 19.1. The van der Waals surface area contributed by atoms with Crippen LogP contribution in [0, 0.1) is 17.6 Å². The molecule has 0 spiro atoms. The van der Waals surface area contributed by atoms with Crippen LogP contribution in [0.4, 0.5) is 13.6 Å². The Kier molecular flexibility index (Phi) is 5.66. The number of halogens is 2. The van der Waals surface area contributed by atoms with E-state index in [1.165, 1.54) is 6.07 Å². The summed E-state index contributed by atoms with van der Waals surface area (Å²) in [6.07, 6.45) is 4.86. The number of carbonyl (C=O) groups excluding carboxylic acids is 1. The van der Waals surface area contributed by atoms with Gasteiger partial charge in [0.25, 0.3) is 0 Å². The zero-order valence-electron chi connectivity index (χ0n) is 13.8. The van der Waals surface area contributed by atoms with Crippen molar-refractivity contribution in [3.63, 3.8) is 0 Å². The topological polar surface area (TPSA) is 41.6 Å². The van der Waals surface area contributed by atoms with Gasteiger partial charge in [-0.1, -0.05) is 0 Å². The van der Waals surface area contributed by atoms with Crippen molar-refractivity contribution in [1.82, 2.24) is 10.2 Å². The summed E-state index contributed by atoms with van der Waals surface area (Å²) >= 11 is 0. The normalized spacial score (nSPS) is 21.9. The van der Waals surface area contributed by atoms with E-state index in [0.717, 1.165) is 57.5 Å². The number of benzene rings is 1. The maximum Gasteiger partial charge on any atom is 0.317 e. The van der Waals surface area contributed by atoms with Gasteiger partial charge in [-0.3, -0.25) is 0 Å². The number of ether oxygens (including phenoxy) is 1. The fourth-order valence-electron chi connectivity index (χ4n) is 3.60. The van der Waals surface area contributed by atoms with Crippen LogP contribution >= 0.6 is 0 Å². The maximum atomic E-state index is 13.5. The van der Waals surface area contributed by atoms with E-state index in [1.807, 2.05) is 0 Å². The molecule has 24 heavy (non-hydrogen) atoms. The molecular weight excluding hydrogens is 314 g/mol. The molecule has 2 aliphatic rings. The van der Waals surface area contributed by atoms with Crippen LogP contribution in [-0.4, -0.2) is 43.3 Å². The summed E-state index contributed by atoms with van der Waals surface area (Å²) in [4.78, 5) is 14.0. The average molecular weight is 338 g/mol. The molecular formula is C18H24F2N2O2. The predicted molar refractivity (Wildman–Crippen MR) is 86.7 cm³/mol. The number of nitrogens with zero attached hydrogens (tertiary/aromatic N) is 1. The van der Waals surface area contributed by atoms with Gasteiger partial charge in [0.2, 0.25) is 0 Å². The van der Waals surface area contributed by atoms with Gasteiger partial charge in [0.05, 0.1) is 6.10 Å². The molecule has 0 unspecified atom stereocenters. The maximum absolute atomic E-state index is 13.5. The number of piperidine rings is 1. The summed E-state index contributed by atoms with van der Waals surface area (Å²) in [5, 5.41) is 2.80. The molecule has 2 saturated heterocycles. The Bertz CT molecular complexity index is 568. The van der Waals surface area contributed by atoms with E-state index in [9.17, 15) is 13.6 Å². The molecule has 0 saturated carbocycles. The van der Waals surface area contributed by atoms with Gasteiger partial charge < -0.3 is 15.0 Å². The summed E-state index contributed by atoms with van der Waals surface area (Å²) in [6.45, 7) is 2.61. The highest BCUT2D eigenvalue weighted by Gasteiger charge is 2.30. The third-order valence-corrected chi connectivity index (χ3v) is 5.00. The fraction of sp³-hybridized carbons (Fsp3) is 0.611. The van der Waals surface area contributed by atoms with Crippen molar-refractivity contribution in [2.45, 2.75) is 38.2 Å². The van der Waals surface area contributed by atoms with Crippen molar-refractivity contribution in [2.75, 3.05) is 26.2 Å². The zero-order valence-corrected chi connectivity index (χ0v) is 13.8. The number of urea groups is 1. The summed E-state index contributed by atoms with van der Waals surface area (Å²) in [5.74, 6) is -0.352. The Morgan fingerprint density at radius 3 is 2.75 bits per heavy atom. The first kappa shape index (κ1) is 17.1. The third kappa shape index (κ3) is 4.23. The Labute approximate surface area is 141 Å². The molecule has 0 radical (unpaired) electrons. The van der Waals surface area contributed by atoms with Crippen LogP contribution in [0.2, 0.25) is 0 Å². The predicted octanol–water partition coefficient (Wildman–Crippen LogP) is 3.11. The van der Waals surface area contributed by atoms with Crippen molar-refractivity contribution in [1.29, 1.82) is 0 Å². The summed E-state index contributed by atoms with van der Waals surface area (Å²) in [6, 6.07) is 3.25. The van der Waals surface area contributed by atoms with Crippen molar-refractivity contribution >= 4 is 6.03 Å². The van der Waals surface area contributed by atoms with Crippen molar-refractivity contribution in [3.05, 3.63) is 35.4 Å². The molecule has 6 heteroatoms. The Morgan fingerprint density at radius 2 is 2.04 bits per heavy atom. The van der Waals surface area contributed by atoms with E-state index in [1.54, 1.807) is 4.90 Å². The molecule has 4 nitrogen and oxygen atoms in total. The van der Waals surface area contributed by atoms with E-state index in [0.29, 0.717) is 18.6 Å². The van der Waals surface area contributed by atoms with Crippen molar-refractivity contribution in [2.24, 2.45) is 5.92 Å². The van der Waals surface area contributed by atoms with Gasteiger partial charge in [-0.05, 0) is 61.8 Å². The number of hydrogen-bond acceptors (Lipinski definition) is 2. The van der Waals surface area contributed by atoms with Gasteiger partial charge in [0.1, 0.15) is 11.6 Å². The molecule has 2 fully saturated rings. The van der Waals surface area contributed by atoms with E-state index >= 15 is 0 Å². The standard InChI is InChI=1S/C18H24F2N2O2/c19-15-3-4-16(20)14(12-15)5-8-21-18(23)22-9-6-13(7-10-22)17-2-1-11-24-17/h3-4,12-13,17H,1-2,5-11H2,(H,21,23)/t17-/m1/s1. The molecule has 1 N–H and O–H groups in total. The molecule has 2 amide bonds. The molecule has 132 valence electrons. The van der Waals surface area contributed by atoms with Crippen LogP contribution in [-0.2, 0) is 11.2 Å². The molecule has 1 atom stereocenters. The number of nitrogens with one attached hydrogen (secondary N) is 1. The second-order valence-electron chi connectivity index (χ2n) is 6.59. The van der Waals surface area contributed by atoms with E-state index < -0.39 is 11.6 Å². The van der Waals surface area contributed by atoms with Crippen molar-refractivity contribution < 1.29 is 18.3 Å².